The van der Waals surface area contributed by atoms with Gasteiger partial charge in [0.15, 0.2) is 0 Å². The van der Waals surface area contributed by atoms with Gasteiger partial charge in [0.1, 0.15) is 11.3 Å². The predicted molar refractivity (Wildman–Crippen MR) is 78.4 cm³/mol. The van der Waals surface area contributed by atoms with Crippen LogP contribution in [0.2, 0.25) is 0 Å². The lowest BCUT2D eigenvalue weighted by Crippen LogP contribution is -2.36. The molecule has 1 aromatic heterocycles. The highest BCUT2D eigenvalue weighted by molar-refractivity contribution is 5.82. The number of likely N-dealkylation sites (tertiary alicyclic amines) is 1. The zero-order valence-electron chi connectivity index (χ0n) is 11.6. The summed E-state index contributed by atoms with van der Waals surface area (Å²) < 4.78 is 6.09. The van der Waals surface area contributed by atoms with Crippen molar-refractivity contribution in [2.75, 3.05) is 26.2 Å². The standard InChI is InChI=1S/C16H22N2O/c1-12-14-4-2-3-5-15(14)19-16(12)13-6-9-18(10-7-13)11-8-17/h2-5,13H,6-11,17H2,1H3. The molecule has 0 atom stereocenters. The molecule has 19 heavy (non-hydrogen) atoms. The van der Waals surface area contributed by atoms with E-state index >= 15 is 0 Å². The van der Waals surface area contributed by atoms with Gasteiger partial charge in [-0.15, -0.1) is 0 Å². The fraction of sp³-hybridized carbons (Fsp3) is 0.500. The maximum absolute atomic E-state index is 6.09. The van der Waals surface area contributed by atoms with Crippen LogP contribution in [-0.2, 0) is 0 Å². The molecule has 3 rings (SSSR count). The normalized spacial score (nSPS) is 18.2. The van der Waals surface area contributed by atoms with Crippen molar-refractivity contribution in [3.63, 3.8) is 0 Å². The Hall–Kier alpha value is -1.32. The first-order valence-electron chi connectivity index (χ1n) is 7.20. The summed E-state index contributed by atoms with van der Waals surface area (Å²) in [6, 6.07) is 8.34. The molecule has 1 fully saturated rings. The number of rotatable bonds is 3. The second-order valence-corrected chi connectivity index (χ2v) is 5.49. The maximum atomic E-state index is 6.09. The number of hydrogen-bond acceptors (Lipinski definition) is 3. The molecule has 0 radical (unpaired) electrons. The fourth-order valence-electron chi connectivity index (χ4n) is 3.18. The highest BCUT2D eigenvalue weighted by Crippen LogP contribution is 2.35. The molecule has 0 saturated carbocycles. The molecule has 0 spiro atoms. The Labute approximate surface area is 114 Å². The van der Waals surface area contributed by atoms with Crippen LogP contribution in [0.25, 0.3) is 11.0 Å². The van der Waals surface area contributed by atoms with E-state index in [1.54, 1.807) is 0 Å². The summed E-state index contributed by atoms with van der Waals surface area (Å²) in [6.45, 7) is 6.24. The van der Waals surface area contributed by atoms with E-state index in [1.807, 2.05) is 6.07 Å². The van der Waals surface area contributed by atoms with E-state index in [2.05, 4.69) is 30.0 Å². The summed E-state index contributed by atoms with van der Waals surface area (Å²) in [5.41, 5.74) is 7.97. The topological polar surface area (TPSA) is 42.4 Å². The Morgan fingerprint density at radius 1 is 1.26 bits per heavy atom. The van der Waals surface area contributed by atoms with Crippen molar-refractivity contribution >= 4 is 11.0 Å². The number of furan rings is 1. The van der Waals surface area contributed by atoms with E-state index in [4.69, 9.17) is 10.2 Å². The highest BCUT2D eigenvalue weighted by atomic mass is 16.3. The largest absolute Gasteiger partial charge is 0.460 e. The van der Waals surface area contributed by atoms with E-state index in [0.717, 1.165) is 31.8 Å². The third kappa shape index (κ3) is 2.40. The Morgan fingerprint density at radius 3 is 2.68 bits per heavy atom. The summed E-state index contributed by atoms with van der Waals surface area (Å²) in [6.07, 6.45) is 2.36. The monoisotopic (exact) mass is 258 g/mol. The van der Waals surface area contributed by atoms with Crippen LogP contribution in [0.3, 0.4) is 0 Å². The second-order valence-electron chi connectivity index (χ2n) is 5.49. The SMILES string of the molecule is Cc1c(C2CCN(CCN)CC2)oc2ccccc12. The zero-order chi connectivity index (χ0) is 13.2. The number of aryl methyl sites for hydroxylation is 1. The van der Waals surface area contributed by atoms with E-state index in [-0.39, 0.29) is 0 Å². The quantitative estimate of drug-likeness (QED) is 0.920. The van der Waals surface area contributed by atoms with Crippen molar-refractivity contribution in [3.8, 4) is 0 Å². The first kappa shape index (κ1) is 12.7. The number of fused-ring (bicyclic) bond motifs is 1. The molecule has 2 aromatic rings. The molecule has 1 aliphatic rings. The smallest absolute Gasteiger partial charge is 0.134 e. The van der Waals surface area contributed by atoms with Gasteiger partial charge in [0.25, 0.3) is 0 Å². The molecule has 102 valence electrons. The van der Waals surface area contributed by atoms with Crippen molar-refractivity contribution in [2.24, 2.45) is 5.73 Å². The van der Waals surface area contributed by atoms with Crippen LogP contribution in [-0.4, -0.2) is 31.1 Å². The van der Waals surface area contributed by atoms with Crippen molar-refractivity contribution in [1.29, 1.82) is 0 Å². The van der Waals surface area contributed by atoms with Gasteiger partial charge in [0.05, 0.1) is 0 Å². The van der Waals surface area contributed by atoms with Crippen LogP contribution in [0, 0.1) is 6.92 Å². The third-order valence-electron chi connectivity index (χ3n) is 4.28. The van der Waals surface area contributed by atoms with Gasteiger partial charge in [-0.2, -0.15) is 0 Å². The number of hydrogen-bond donors (Lipinski definition) is 1. The average molecular weight is 258 g/mol. The lowest BCUT2D eigenvalue weighted by atomic mass is 9.92. The summed E-state index contributed by atoms with van der Waals surface area (Å²) in [5.74, 6) is 1.77. The molecule has 0 amide bonds. The Bertz CT molecular complexity index is 553. The Kier molecular flexibility index (Phi) is 3.58. The molecular weight excluding hydrogens is 236 g/mol. The van der Waals surface area contributed by atoms with Gasteiger partial charge in [-0.05, 0) is 44.5 Å². The van der Waals surface area contributed by atoms with Gasteiger partial charge in [-0.1, -0.05) is 18.2 Å². The summed E-state index contributed by atoms with van der Waals surface area (Å²) in [5, 5.41) is 1.27. The molecule has 0 bridgehead atoms. The van der Waals surface area contributed by atoms with E-state index < -0.39 is 0 Å². The molecule has 2 N–H and O–H groups in total. The lowest BCUT2D eigenvalue weighted by Gasteiger charge is -2.30. The number of piperidine rings is 1. The average Bonchev–Trinajstić information content (AvgIpc) is 2.78. The Balaban J connectivity index is 1.80. The van der Waals surface area contributed by atoms with Gasteiger partial charge in [0.2, 0.25) is 0 Å². The van der Waals surface area contributed by atoms with Crippen LogP contribution in [0.4, 0.5) is 0 Å². The molecule has 1 aliphatic heterocycles. The van der Waals surface area contributed by atoms with Crippen LogP contribution in [0.5, 0.6) is 0 Å². The lowest BCUT2D eigenvalue weighted by molar-refractivity contribution is 0.208. The van der Waals surface area contributed by atoms with E-state index in [9.17, 15) is 0 Å². The van der Waals surface area contributed by atoms with Gasteiger partial charge in [-0.25, -0.2) is 0 Å². The molecule has 1 aromatic carbocycles. The van der Waals surface area contributed by atoms with Crippen LogP contribution < -0.4 is 5.73 Å². The molecule has 3 nitrogen and oxygen atoms in total. The van der Waals surface area contributed by atoms with Crippen molar-refractivity contribution in [2.45, 2.75) is 25.7 Å². The van der Waals surface area contributed by atoms with Crippen LogP contribution in [0.15, 0.2) is 28.7 Å². The second kappa shape index (κ2) is 5.35. The molecule has 0 aliphatic carbocycles. The van der Waals surface area contributed by atoms with Crippen molar-refractivity contribution < 1.29 is 4.42 Å². The number of benzene rings is 1. The van der Waals surface area contributed by atoms with Crippen molar-refractivity contribution in [3.05, 3.63) is 35.6 Å². The molecule has 3 heteroatoms. The minimum atomic E-state index is 0.571. The van der Waals surface area contributed by atoms with Gasteiger partial charge < -0.3 is 15.1 Å². The van der Waals surface area contributed by atoms with Gasteiger partial charge in [0, 0.05) is 24.4 Å². The number of nitrogens with zero attached hydrogens (tertiary/aromatic N) is 1. The van der Waals surface area contributed by atoms with Gasteiger partial charge >= 0.3 is 0 Å². The van der Waals surface area contributed by atoms with E-state index in [1.165, 1.54) is 29.6 Å². The first-order chi connectivity index (χ1) is 9.29. The van der Waals surface area contributed by atoms with Crippen LogP contribution in [0.1, 0.15) is 30.1 Å². The summed E-state index contributed by atoms with van der Waals surface area (Å²) >= 11 is 0. The first-order valence-corrected chi connectivity index (χ1v) is 7.20. The summed E-state index contributed by atoms with van der Waals surface area (Å²) in [7, 11) is 0. The minimum Gasteiger partial charge on any atom is -0.460 e. The third-order valence-corrected chi connectivity index (χ3v) is 4.28. The van der Waals surface area contributed by atoms with Crippen molar-refractivity contribution in [1.82, 2.24) is 4.90 Å². The predicted octanol–water partition coefficient (Wildman–Crippen LogP) is 2.88. The molecular formula is C16H22N2O. The molecule has 1 saturated heterocycles. The van der Waals surface area contributed by atoms with Gasteiger partial charge in [-0.3, -0.25) is 0 Å². The molecule has 2 heterocycles. The maximum Gasteiger partial charge on any atom is 0.134 e. The number of nitrogens with two attached hydrogens (primary N) is 1. The number of para-hydroxylation sites is 1. The molecule has 0 unspecified atom stereocenters. The zero-order valence-corrected chi connectivity index (χ0v) is 11.6. The van der Waals surface area contributed by atoms with E-state index in [0.29, 0.717) is 5.92 Å². The highest BCUT2D eigenvalue weighted by Gasteiger charge is 2.25. The minimum absolute atomic E-state index is 0.571. The summed E-state index contributed by atoms with van der Waals surface area (Å²) in [4.78, 5) is 2.45. The Morgan fingerprint density at radius 2 is 2.00 bits per heavy atom. The fourth-order valence-corrected chi connectivity index (χ4v) is 3.18. The van der Waals surface area contributed by atoms with Crippen LogP contribution >= 0.6 is 0 Å².